The van der Waals surface area contributed by atoms with Gasteiger partial charge >= 0.3 is 0 Å². The second-order valence-electron chi connectivity index (χ2n) is 18.5. The topological polar surface area (TPSA) is 44.9 Å². The molecule has 10 rings (SSSR count). The highest BCUT2D eigenvalue weighted by Crippen LogP contribution is 2.42. The Kier molecular flexibility index (Phi) is 9.89. The van der Waals surface area contributed by atoms with E-state index in [2.05, 4.69) is 152 Å². The fourth-order valence-corrected chi connectivity index (χ4v) is 9.05. The van der Waals surface area contributed by atoms with Crippen molar-refractivity contribution >= 4 is 32.8 Å². The monoisotopic (exact) mass is 836 g/mol. The molecule has 3 aromatic heterocycles. The van der Waals surface area contributed by atoms with E-state index in [1.807, 2.05) is 81.6 Å². The molecular weight excluding hydrogens is 781 g/mol. The number of fused-ring (bicyclic) bond motifs is 4. The average Bonchev–Trinajstić information content (AvgIpc) is 3.87. The lowest BCUT2D eigenvalue weighted by molar-refractivity contribution is 0.411. The average molecular weight is 837 g/mol. The van der Waals surface area contributed by atoms with Crippen LogP contribution < -0.4 is 4.74 Å². The summed E-state index contributed by atoms with van der Waals surface area (Å²) in [5, 5.41) is 2.31. The maximum Gasteiger partial charge on any atom is 0.145 e. The SMILES string of the molecule is [2H]C([2H])(c1ccc(-c2ccc(-c3cc(C(C)C)c(-n4c(-c5cccc(Oc6ccc7c8ccccc8n(-c8ccccn8)c7c6)c5)nc5ccccc54)c(C(C)C)c3)cc2)cc1)C(C)(C)C. The van der Waals surface area contributed by atoms with E-state index in [0.717, 1.165) is 72.8 Å². The number of benzene rings is 7. The van der Waals surface area contributed by atoms with Crippen molar-refractivity contribution in [1.82, 2.24) is 19.1 Å². The molecule has 0 saturated carbocycles. The highest BCUT2D eigenvalue weighted by Gasteiger charge is 2.24. The lowest BCUT2D eigenvalue weighted by atomic mass is 9.87. The van der Waals surface area contributed by atoms with E-state index >= 15 is 0 Å². The molecule has 0 aliphatic rings. The van der Waals surface area contributed by atoms with Crippen molar-refractivity contribution in [3.63, 3.8) is 0 Å². The van der Waals surface area contributed by atoms with Gasteiger partial charge in [-0.25, -0.2) is 9.97 Å². The molecule has 0 atom stereocenters. The van der Waals surface area contributed by atoms with E-state index in [-0.39, 0.29) is 11.8 Å². The Labute approximate surface area is 379 Å². The molecule has 7 aromatic carbocycles. The van der Waals surface area contributed by atoms with Crippen molar-refractivity contribution in [2.45, 2.75) is 66.7 Å². The van der Waals surface area contributed by atoms with Crippen molar-refractivity contribution in [2.75, 3.05) is 0 Å². The van der Waals surface area contributed by atoms with Crippen LogP contribution in [0.1, 0.15) is 79.7 Å². The summed E-state index contributed by atoms with van der Waals surface area (Å²) >= 11 is 0. The van der Waals surface area contributed by atoms with Gasteiger partial charge in [0.25, 0.3) is 0 Å². The molecule has 0 N–H and O–H groups in total. The van der Waals surface area contributed by atoms with Gasteiger partial charge in [0.1, 0.15) is 23.1 Å². The molecule has 0 bridgehead atoms. The van der Waals surface area contributed by atoms with E-state index in [0.29, 0.717) is 5.56 Å². The number of aromatic nitrogens is 4. The molecule has 0 amide bonds. The highest BCUT2D eigenvalue weighted by molar-refractivity contribution is 6.09. The highest BCUT2D eigenvalue weighted by atomic mass is 16.5. The van der Waals surface area contributed by atoms with Crippen molar-refractivity contribution in [3.8, 4) is 56.6 Å². The fraction of sp³-hybridized carbons (Fsp3) is 0.186. The molecule has 0 unspecified atom stereocenters. The van der Waals surface area contributed by atoms with Gasteiger partial charge in [-0.15, -0.1) is 0 Å². The number of imidazole rings is 1. The van der Waals surface area contributed by atoms with Gasteiger partial charge in [-0.2, -0.15) is 0 Å². The van der Waals surface area contributed by atoms with E-state index in [4.69, 9.17) is 17.4 Å². The number of hydrogen-bond acceptors (Lipinski definition) is 3. The molecule has 10 aromatic rings. The van der Waals surface area contributed by atoms with Crippen LogP contribution in [0.3, 0.4) is 0 Å². The Hall–Kier alpha value is -7.24. The van der Waals surface area contributed by atoms with Gasteiger partial charge in [-0.05, 0) is 129 Å². The lowest BCUT2D eigenvalue weighted by Crippen LogP contribution is -2.09. The van der Waals surface area contributed by atoms with E-state index in [9.17, 15) is 0 Å². The fourth-order valence-electron chi connectivity index (χ4n) is 9.05. The molecule has 316 valence electrons. The second-order valence-corrected chi connectivity index (χ2v) is 18.5. The normalized spacial score (nSPS) is 12.7. The van der Waals surface area contributed by atoms with E-state index < -0.39 is 11.8 Å². The molecule has 0 spiro atoms. The van der Waals surface area contributed by atoms with Crippen molar-refractivity contribution in [2.24, 2.45) is 5.41 Å². The van der Waals surface area contributed by atoms with Crippen LogP contribution >= 0.6 is 0 Å². The van der Waals surface area contributed by atoms with Gasteiger partial charge in [0, 0.05) is 31.3 Å². The first-order chi connectivity index (χ1) is 31.8. The molecule has 5 nitrogen and oxygen atoms in total. The summed E-state index contributed by atoms with van der Waals surface area (Å²) in [6.45, 7) is 14.9. The summed E-state index contributed by atoms with van der Waals surface area (Å²) in [5.41, 5.74) is 13.4. The first kappa shape index (κ1) is 38.4. The molecule has 0 saturated heterocycles. The number of pyridine rings is 1. The van der Waals surface area contributed by atoms with Crippen LogP contribution in [0.5, 0.6) is 11.5 Å². The van der Waals surface area contributed by atoms with Crippen LogP contribution in [-0.2, 0) is 6.37 Å². The van der Waals surface area contributed by atoms with Gasteiger partial charge in [0.2, 0.25) is 0 Å². The Balaban J connectivity index is 1.03. The Bertz CT molecular complexity index is 3360. The zero-order chi connectivity index (χ0) is 45.9. The van der Waals surface area contributed by atoms with Gasteiger partial charge in [-0.3, -0.25) is 9.13 Å². The number of nitrogens with zero attached hydrogens (tertiary/aromatic N) is 4. The smallest absolute Gasteiger partial charge is 0.145 e. The summed E-state index contributed by atoms with van der Waals surface area (Å²) < 4.78 is 28.8. The number of ether oxygens (including phenoxy) is 1. The molecule has 0 radical (unpaired) electrons. The maximum atomic E-state index is 8.73. The summed E-state index contributed by atoms with van der Waals surface area (Å²) in [7, 11) is 0. The summed E-state index contributed by atoms with van der Waals surface area (Å²) in [6, 6.07) is 58.9. The van der Waals surface area contributed by atoms with Crippen molar-refractivity contribution < 1.29 is 7.48 Å². The second kappa shape index (κ2) is 16.5. The summed E-state index contributed by atoms with van der Waals surface area (Å²) in [5.74, 6) is 3.60. The lowest BCUT2D eigenvalue weighted by Gasteiger charge is -2.24. The summed E-state index contributed by atoms with van der Waals surface area (Å²) in [4.78, 5) is 10.1. The first-order valence-electron chi connectivity index (χ1n) is 23.4. The Morgan fingerprint density at radius 1 is 0.531 bits per heavy atom. The third-order valence-electron chi connectivity index (χ3n) is 12.0. The van der Waals surface area contributed by atoms with Gasteiger partial charge in [0.05, 0.1) is 27.8 Å². The molecule has 0 aliphatic carbocycles. The molecule has 0 aliphatic heterocycles. The van der Waals surface area contributed by atoms with Crippen molar-refractivity contribution in [1.29, 1.82) is 0 Å². The van der Waals surface area contributed by atoms with Crippen LogP contribution in [-0.4, -0.2) is 19.1 Å². The minimum absolute atomic E-state index is 0.213. The van der Waals surface area contributed by atoms with Gasteiger partial charge in [0.15, 0.2) is 0 Å². The standard InChI is InChI=1S/C59H54N4O/c1-38(2)50-34-45(43-28-26-42(27-29-43)41-24-22-40(23-25-41)37-59(5,6)7)35-51(39(3)4)57(50)63-54-20-11-9-18-52(54)61-58(63)44-15-14-16-46(33-44)64-47-30-31-49-48-17-8-10-19-53(48)62(55(49)36-47)56-21-12-13-32-60-56/h8-36,38-39H,37H2,1-7H3/i37D2. The first-order valence-corrected chi connectivity index (χ1v) is 22.4. The van der Waals surface area contributed by atoms with E-state index in [1.54, 1.807) is 0 Å². The molecule has 5 heteroatoms. The van der Waals surface area contributed by atoms with Gasteiger partial charge < -0.3 is 4.74 Å². The maximum absolute atomic E-state index is 8.73. The minimum Gasteiger partial charge on any atom is -0.457 e. The zero-order valence-corrected chi connectivity index (χ0v) is 37.6. The van der Waals surface area contributed by atoms with E-state index in [1.165, 1.54) is 27.8 Å². The Morgan fingerprint density at radius 2 is 1.14 bits per heavy atom. The number of hydrogen-bond donors (Lipinski definition) is 0. The number of para-hydroxylation sites is 3. The van der Waals surface area contributed by atoms with Crippen LogP contribution in [0.15, 0.2) is 176 Å². The molecular formula is C59H54N4O. The van der Waals surface area contributed by atoms with Crippen LogP contribution in [0.2, 0.25) is 0 Å². The third kappa shape index (κ3) is 7.77. The van der Waals surface area contributed by atoms with Crippen molar-refractivity contribution in [3.05, 3.63) is 193 Å². The van der Waals surface area contributed by atoms with Crippen LogP contribution in [0.25, 0.3) is 78.0 Å². The predicted molar refractivity (Wildman–Crippen MR) is 267 cm³/mol. The zero-order valence-electron chi connectivity index (χ0n) is 39.6. The Morgan fingerprint density at radius 3 is 1.81 bits per heavy atom. The quantitative estimate of drug-likeness (QED) is 0.138. The predicted octanol–water partition coefficient (Wildman–Crippen LogP) is 16.1. The van der Waals surface area contributed by atoms with Crippen LogP contribution in [0, 0.1) is 5.41 Å². The molecule has 0 fully saturated rings. The van der Waals surface area contributed by atoms with Crippen LogP contribution in [0.4, 0.5) is 0 Å². The molecule has 3 heterocycles. The third-order valence-corrected chi connectivity index (χ3v) is 12.0. The largest absolute Gasteiger partial charge is 0.457 e. The summed E-state index contributed by atoms with van der Waals surface area (Å²) in [6.07, 6.45) is 0.394. The van der Waals surface area contributed by atoms with Gasteiger partial charge in [-0.1, -0.05) is 146 Å². The number of rotatable bonds is 10. The minimum atomic E-state index is -1.44. The molecule has 64 heavy (non-hydrogen) atoms.